The molecule has 2 aromatic rings. The van der Waals surface area contributed by atoms with Gasteiger partial charge in [0.2, 0.25) is 5.91 Å². The van der Waals surface area contributed by atoms with Crippen LogP contribution < -0.4 is 15.5 Å². The number of amides is 3. The molecule has 0 unspecified atom stereocenters. The Morgan fingerprint density at radius 2 is 1.57 bits per heavy atom. The largest absolute Gasteiger partial charge is 0.369 e. The van der Waals surface area contributed by atoms with Gasteiger partial charge >= 0.3 is 6.03 Å². The molecule has 3 amide bonds. The van der Waals surface area contributed by atoms with Crippen LogP contribution in [-0.4, -0.2) is 55.3 Å². The van der Waals surface area contributed by atoms with Crippen LogP contribution in [0.1, 0.15) is 35.8 Å². The van der Waals surface area contributed by atoms with Crippen LogP contribution in [0, 0.1) is 0 Å². The summed E-state index contributed by atoms with van der Waals surface area (Å²) in [7, 11) is 0. The maximum atomic E-state index is 12.9. The van der Waals surface area contributed by atoms with Gasteiger partial charge in [-0.05, 0) is 43.7 Å². The van der Waals surface area contributed by atoms with E-state index in [1.54, 1.807) is 13.8 Å². The number of hydrogen-bond acceptors (Lipinski definition) is 5. The fraction of sp³-hybridized carbons (Fsp3) is 0.348. The van der Waals surface area contributed by atoms with Gasteiger partial charge in [0.25, 0.3) is 0 Å². The van der Waals surface area contributed by atoms with Crippen LogP contribution >= 0.6 is 0 Å². The van der Waals surface area contributed by atoms with Gasteiger partial charge in [-0.25, -0.2) is 4.79 Å². The molecular weight excluding hydrogens is 380 g/mol. The van der Waals surface area contributed by atoms with E-state index in [1.165, 1.54) is 0 Å². The number of benzene rings is 2. The first-order valence-electron chi connectivity index (χ1n) is 10.2. The van der Waals surface area contributed by atoms with Crippen molar-refractivity contribution in [3.8, 4) is 0 Å². The minimum absolute atomic E-state index is 0.0511. The van der Waals surface area contributed by atoms with Gasteiger partial charge in [-0.1, -0.05) is 30.3 Å². The van der Waals surface area contributed by atoms with E-state index in [1.807, 2.05) is 54.6 Å². The summed E-state index contributed by atoms with van der Waals surface area (Å²) >= 11 is 0. The van der Waals surface area contributed by atoms with Gasteiger partial charge in [0.1, 0.15) is 6.04 Å². The summed E-state index contributed by atoms with van der Waals surface area (Å²) in [5, 5.41) is 5.07. The number of piperazine rings is 1. The molecule has 1 saturated heterocycles. The van der Waals surface area contributed by atoms with Crippen LogP contribution in [0.2, 0.25) is 0 Å². The Morgan fingerprint density at radius 3 is 2.13 bits per heavy atom. The van der Waals surface area contributed by atoms with Crippen LogP contribution in [0.4, 0.5) is 10.5 Å². The third kappa shape index (κ3) is 5.24. The van der Waals surface area contributed by atoms with Crippen molar-refractivity contribution < 1.29 is 14.4 Å². The van der Waals surface area contributed by atoms with Gasteiger partial charge in [0.05, 0.1) is 0 Å². The number of Topliss-reactive ketones (excluding diaryl/α,β-unsaturated/α-hetero) is 1. The molecule has 0 spiro atoms. The molecule has 7 heteroatoms. The van der Waals surface area contributed by atoms with Crippen LogP contribution in [0.5, 0.6) is 0 Å². The lowest BCUT2D eigenvalue weighted by molar-refractivity contribution is -0.125. The first kappa shape index (κ1) is 21.5. The number of nitrogens with zero attached hydrogens (tertiary/aromatic N) is 2. The number of anilines is 1. The molecule has 0 aromatic heterocycles. The number of nitrogens with one attached hydrogen (secondary N) is 2. The maximum Gasteiger partial charge on any atom is 0.321 e. The number of rotatable bonds is 6. The van der Waals surface area contributed by atoms with Crippen LogP contribution in [0.3, 0.4) is 0 Å². The topological polar surface area (TPSA) is 81.8 Å². The summed E-state index contributed by atoms with van der Waals surface area (Å²) in [5.41, 5.74) is 2.62. The fourth-order valence-corrected chi connectivity index (χ4v) is 3.69. The predicted octanol–water partition coefficient (Wildman–Crippen LogP) is 2.60. The molecule has 0 bridgehead atoms. The van der Waals surface area contributed by atoms with Crippen molar-refractivity contribution >= 4 is 23.4 Å². The van der Waals surface area contributed by atoms with Crippen molar-refractivity contribution in [1.29, 1.82) is 0 Å². The fourth-order valence-electron chi connectivity index (χ4n) is 3.69. The molecule has 1 aliphatic rings. The third-order valence-corrected chi connectivity index (χ3v) is 5.26. The number of carbonyl (C=O) groups is 3. The zero-order valence-electron chi connectivity index (χ0n) is 17.4. The SMILES string of the molecule is CCNC(=O)NC(=O)[C@@H](c1ccccc1)N1CCN(c2ccc(C(C)=O)cc2)CC1. The summed E-state index contributed by atoms with van der Waals surface area (Å²) in [6.45, 7) is 6.67. The van der Waals surface area contributed by atoms with E-state index in [0.29, 0.717) is 25.2 Å². The molecule has 0 aliphatic carbocycles. The Labute approximate surface area is 177 Å². The summed E-state index contributed by atoms with van der Waals surface area (Å²) in [5.74, 6) is -0.276. The Hall–Kier alpha value is -3.19. The van der Waals surface area contributed by atoms with Gasteiger partial charge in [-0.15, -0.1) is 0 Å². The van der Waals surface area contributed by atoms with E-state index in [2.05, 4.69) is 20.4 Å². The number of carbonyl (C=O) groups excluding carboxylic acids is 3. The number of ketones is 1. The lowest BCUT2D eigenvalue weighted by Gasteiger charge is -2.39. The minimum Gasteiger partial charge on any atom is -0.369 e. The van der Waals surface area contributed by atoms with Gasteiger partial charge in [-0.2, -0.15) is 0 Å². The van der Waals surface area contributed by atoms with E-state index < -0.39 is 12.1 Å². The molecule has 0 radical (unpaired) electrons. The Morgan fingerprint density at radius 1 is 0.933 bits per heavy atom. The molecule has 2 N–H and O–H groups in total. The van der Waals surface area contributed by atoms with Crippen LogP contribution in [-0.2, 0) is 4.79 Å². The molecular formula is C23H28N4O3. The highest BCUT2D eigenvalue weighted by Crippen LogP contribution is 2.25. The highest BCUT2D eigenvalue weighted by molar-refractivity contribution is 5.97. The maximum absolute atomic E-state index is 12.9. The normalized spacial score (nSPS) is 15.3. The van der Waals surface area contributed by atoms with Crippen molar-refractivity contribution in [1.82, 2.24) is 15.5 Å². The second-order valence-corrected chi connectivity index (χ2v) is 7.29. The number of urea groups is 1. The third-order valence-electron chi connectivity index (χ3n) is 5.26. The number of imide groups is 1. The molecule has 1 heterocycles. The Bertz CT molecular complexity index is 875. The second kappa shape index (κ2) is 10.0. The van der Waals surface area contributed by atoms with Crippen molar-refractivity contribution in [2.24, 2.45) is 0 Å². The van der Waals surface area contributed by atoms with E-state index >= 15 is 0 Å². The van der Waals surface area contributed by atoms with Crippen molar-refractivity contribution in [3.05, 3.63) is 65.7 Å². The minimum atomic E-state index is -0.531. The quantitative estimate of drug-likeness (QED) is 0.718. The van der Waals surface area contributed by atoms with Crippen molar-refractivity contribution in [2.45, 2.75) is 19.9 Å². The highest BCUT2D eigenvalue weighted by atomic mass is 16.2. The summed E-state index contributed by atoms with van der Waals surface area (Å²) in [6.07, 6.45) is 0. The van der Waals surface area contributed by atoms with Crippen LogP contribution in [0.25, 0.3) is 0 Å². The Balaban J connectivity index is 1.70. The van der Waals surface area contributed by atoms with E-state index in [9.17, 15) is 14.4 Å². The molecule has 1 fully saturated rings. The van der Waals surface area contributed by atoms with Gasteiger partial charge < -0.3 is 10.2 Å². The van der Waals surface area contributed by atoms with Crippen molar-refractivity contribution in [3.63, 3.8) is 0 Å². The molecule has 3 rings (SSSR count). The molecule has 30 heavy (non-hydrogen) atoms. The van der Waals surface area contributed by atoms with Crippen molar-refractivity contribution in [2.75, 3.05) is 37.6 Å². The molecule has 0 saturated carbocycles. The molecule has 1 atom stereocenters. The predicted molar refractivity (Wildman–Crippen MR) is 117 cm³/mol. The monoisotopic (exact) mass is 408 g/mol. The highest BCUT2D eigenvalue weighted by Gasteiger charge is 2.31. The van der Waals surface area contributed by atoms with E-state index in [0.717, 1.165) is 24.3 Å². The standard InChI is InChI=1S/C23H28N4O3/c1-3-24-23(30)25-22(29)21(19-7-5-4-6-8-19)27-15-13-26(14-16-27)20-11-9-18(10-12-20)17(2)28/h4-12,21H,3,13-16H2,1-2H3,(H2,24,25,29,30)/t21-/m1/s1. The first-order chi connectivity index (χ1) is 14.5. The zero-order chi connectivity index (χ0) is 21.5. The van der Waals surface area contributed by atoms with E-state index in [-0.39, 0.29) is 11.7 Å². The summed E-state index contributed by atoms with van der Waals surface area (Å²) in [6, 6.07) is 16.1. The van der Waals surface area contributed by atoms with E-state index in [4.69, 9.17) is 0 Å². The molecule has 7 nitrogen and oxygen atoms in total. The first-order valence-corrected chi connectivity index (χ1v) is 10.2. The average Bonchev–Trinajstić information content (AvgIpc) is 2.75. The summed E-state index contributed by atoms with van der Waals surface area (Å²) in [4.78, 5) is 40.6. The molecule has 158 valence electrons. The lowest BCUT2D eigenvalue weighted by Crippen LogP contribution is -2.52. The Kier molecular flexibility index (Phi) is 7.19. The van der Waals surface area contributed by atoms with Crippen LogP contribution in [0.15, 0.2) is 54.6 Å². The van der Waals surface area contributed by atoms with Gasteiger partial charge in [-0.3, -0.25) is 19.8 Å². The van der Waals surface area contributed by atoms with Gasteiger partial charge in [0.15, 0.2) is 5.78 Å². The van der Waals surface area contributed by atoms with Gasteiger partial charge in [0, 0.05) is 44.0 Å². The molecule has 2 aromatic carbocycles. The summed E-state index contributed by atoms with van der Waals surface area (Å²) < 4.78 is 0. The molecule has 1 aliphatic heterocycles. The smallest absolute Gasteiger partial charge is 0.321 e. The zero-order valence-corrected chi connectivity index (χ0v) is 17.4. The number of hydrogen-bond donors (Lipinski definition) is 2. The second-order valence-electron chi connectivity index (χ2n) is 7.29. The lowest BCUT2D eigenvalue weighted by atomic mass is 10.0. The average molecular weight is 409 g/mol.